The summed E-state index contributed by atoms with van der Waals surface area (Å²) in [7, 11) is 0. The van der Waals surface area contributed by atoms with Gasteiger partial charge in [-0.25, -0.2) is 0 Å². The van der Waals surface area contributed by atoms with Gasteiger partial charge < -0.3 is 16.0 Å². The molecule has 6 nitrogen and oxygen atoms in total. The largest absolute Gasteiger partial charge is 0.325 e. The molecule has 5 rings (SSSR count). The SMILES string of the molecule is O=C(CSc1cccc(NC(=O)/C(=C/c2cccs2)NC(=O)c2ccccc2)c1)Nc1ccc2ccccc2c1. The molecular formula is C32H25N3O3S2. The number of thiophene rings is 1. The van der Waals surface area contributed by atoms with Gasteiger partial charge in [0.05, 0.1) is 5.75 Å². The van der Waals surface area contributed by atoms with E-state index in [1.165, 1.54) is 23.1 Å². The van der Waals surface area contributed by atoms with Crippen molar-refractivity contribution in [2.75, 3.05) is 16.4 Å². The van der Waals surface area contributed by atoms with Gasteiger partial charge in [0, 0.05) is 26.7 Å². The minimum Gasteiger partial charge on any atom is -0.325 e. The first-order valence-corrected chi connectivity index (χ1v) is 14.3. The highest BCUT2D eigenvalue weighted by atomic mass is 32.2. The Morgan fingerprint density at radius 3 is 2.30 bits per heavy atom. The highest BCUT2D eigenvalue weighted by Gasteiger charge is 2.16. The molecule has 0 aliphatic carbocycles. The van der Waals surface area contributed by atoms with Crippen LogP contribution in [0.4, 0.5) is 11.4 Å². The average Bonchev–Trinajstić information content (AvgIpc) is 3.49. The van der Waals surface area contributed by atoms with Gasteiger partial charge in [0.1, 0.15) is 5.70 Å². The van der Waals surface area contributed by atoms with Crippen molar-refractivity contribution in [2.24, 2.45) is 0 Å². The van der Waals surface area contributed by atoms with E-state index in [1.54, 1.807) is 42.5 Å². The number of fused-ring (bicyclic) bond motifs is 1. The van der Waals surface area contributed by atoms with Crippen molar-refractivity contribution in [3.8, 4) is 0 Å². The van der Waals surface area contributed by atoms with Gasteiger partial charge in [0.15, 0.2) is 0 Å². The molecule has 0 atom stereocenters. The van der Waals surface area contributed by atoms with Gasteiger partial charge >= 0.3 is 0 Å². The van der Waals surface area contributed by atoms with E-state index >= 15 is 0 Å². The molecule has 1 heterocycles. The maximum Gasteiger partial charge on any atom is 0.272 e. The van der Waals surface area contributed by atoms with Crippen LogP contribution in [0.1, 0.15) is 15.2 Å². The molecule has 0 radical (unpaired) electrons. The summed E-state index contributed by atoms with van der Waals surface area (Å²) in [6, 6.07) is 33.5. The molecular weight excluding hydrogens is 539 g/mol. The summed E-state index contributed by atoms with van der Waals surface area (Å²) in [6.07, 6.45) is 1.65. The third-order valence-electron chi connectivity index (χ3n) is 5.85. The molecule has 0 aliphatic rings. The number of carbonyl (C=O) groups is 3. The Morgan fingerprint density at radius 2 is 1.50 bits per heavy atom. The van der Waals surface area contributed by atoms with Crippen LogP contribution in [0.25, 0.3) is 16.8 Å². The molecule has 0 saturated carbocycles. The van der Waals surface area contributed by atoms with Gasteiger partial charge in [-0.2, -0.15) is 0 Å². The van der Waals surface area contributed by atoms with Crippen molar-refractivity contribution >= 4 is 69.0 Å². The van der Waals surface area contributed by atoms with Gasteiger partial charge in [-0.15, -0.1) is 23.1 Å². The predicted molar refractivity (Wildman–Crippen MR) is 165 cm³/mol. The number of amides is 3. The van der Waals surface area contributed by atoms with E-state index in [-0.39, 0.29) is 23.3 Å². The van der Waals surface area contributed by atoms with Crippen LogP contribution in [0.15, 0.2) is 125 Å². The lowest BCUT2D eigenvalue weighted by Gasteiger charge is -2.12. The van der Waals surface area contributed by atoms with Crippen molar-refractivity contribution in [2.45, 2.75) is 4.90 Å². The van der Waals surface area contributed by atoms with Crippen LogP contribution in [-0.4, -0.2) is 23.5 Å². The molecule has 0 bridgehead atoms. The fraction of sp³-hybridized carbons (Fsp3) is 0.0312. The summed E-state index contributed by atoms with van der Waals surface area (Å²) in [5, 5.41) is 12.6. The highest BCUT2D eigenvalue weighted by molar-refractivity contribution is 8.00. The number of nitrogens with one attached hydrogen (secondary N) is 3. The quantitative estimate of drug-likeness (QED) is 0.133. The van der Waals surface area contributed by atoms with Crippen molar-refractivity contribution in [3.05, 3.63) is 131 Å². The van der Waals surface area contributed by atoms with E-state index in [2.05, 4.69) is 16.0 Å². The van der Waals surface area contributed by atoms with Gasteiger partial charge in [-0.3, -0.25) is 14.4 Å². The fourth-order valence-electron chi connectivity index (χ4n) is 3.93. The zero-order valence-corrected chi connectivity index (χ0v) is 22.9. The molecule has 1 aromatic heterocycles. The third kappa shape index (κ3) is 7.25. The maximum absolute atomic E-state index is 13.2. The minimum atomic E-state index is -0.450. The molecule has 198 valence electrons. The molecule has 0 aliphatic heterocycles. The van der Waals surface area contributed by atoms with Crippen LogP contribution in [-0.2, 0) is 9.59 Å². The summed E-state index contributed by atoms with van der Waals surface area (Å²) < 4.78 is 0. The number of thioether (sulfide) groups is 1. The number of anilines is 2. The Hall–Kier alpha value is -4.66. The minimum absolute atomic E-state index is 0.125. The summed E-state index contributed by atoms with van der Waals surface area (Å²) in [4.78, 5) is 40.2. The standard InChI is InChI=1S/C32H25N3O3S2/c36-30(33-26-16-15-22-8-4-5-11-24(22)18-26)21-40-27-13-6-12-25(19-27)34-32(38)29(20-28-14-7-17-39-28)35-31(37)23-9-2-1-3-10-23/h1-20H,21H2,(H,33,36)(H,34,38)(H,35,37)/b29-20-. The van der Waals surface area contributed by atoms with Crippen LogP contribution < -0.4 is 16.0 Å². The molecule has 0 fully saturated rings. The molecule has 0 spiro atoms. The van der Waals surface area contributed by atoms with Crippen molar-refractivity contribution in [1.82, 2.24) is 5.32 Å². The summed E-state index contributed by atoms with van der Waals surface area (Å²) in [5.74, 6) is -0.741. The summed E-state index contributed by atoms with van der Waals surface area (Å²) >= 11 is 2.83. The zero-order valence-electron chi connectivity index (χ0n) is 21.3. The van der Waals surface area contributed by atoms with E-state index in [1.807, 2.05) is 78.2 Å². The highest BCUT2D eigenvalue weighted by Crippen LogP contribution is 2.24. The maximum atomic E-state index is 13.2. The Balaban J connectivity index is 1.22. The lowest BCUT2D eigenvalue weighted by molar-refractivity contribution is -0.114. The third-order valence-corrected chi connectivity index (χ3v) is 7.67. The zero-order chi connectivity index (χ0) is 27.7. The molecule has 0 unspecified atom stereocenters. The molecule has 5 aromatic rings. The van der Waals surface area contributed by atoms with Gasteiger partial charge in [0.25, 0.3) is 11.8 Å². The number of carbonyl (C=O) groups excluding carboxylic acids is 3. The molecule has 8 heteroatoms. The first-order chi connectivity index (χ1) is 19.5. The Labute approximate surface area is 240 Å². The average molecular weight is 564 g/mol. The van der Waals surface area contributed by atoms with Crippen LogP contribution in [0.2, 0.25) is 0 Å². The molecule has 0 saturated heterocycles. The summed E-state index contributed by atoms with van der Waals surface area (Å²) in [5.41, 5.74) is 1.88. The van der Waals surface area contributed by atoms with E-state index in [4.69, 9.17) is 0 Å². The number of hydrogen-bond donors (Lipinski definition) is 3. The Morgan fingerprint density at radius 1 is 0.725 bits per heavy atom. The van der Waals surface area contributed by atoms with Crippen LogP contribution in [0, 0.1) is 0 Å². The lowest BCUT2D eigenvalue weighted by Crippen LogP contribution is -2.30. The molecule has 40 heavy (non-hydrogen) atoms. The van der Waals surface area contributed by atoms with E-state index < -0.39 is 5.91 Å². The summed E-state index contributed by atoms with van der Waals surface area (Å²) in [6.45, 7) is 0. The lowest BCUT2D eigenvalue weighted by atomic mass is 10.1. The van der Waals surface area contributed by atoms with Crippen molar-refractivity contribution in [3.63, 3.8) is 0 Å². The smallest absolute Gasteiger partial charge is 0.272 e. The van der Waals surface area contributed by atoms with Crippen molar-refractivity contribution in [1.29, 1.82) is 0 Å². The first kappa shape index (κ1) is 26.9. The monoisotopic (exact) mass is 563 g/mol. The second-order valence-corrected chi connectivity index (χ2v) is 10.8. The van der Waals surface area contributed by atoms with E-state index in [0.717, 1.165) is 26.2 Å². The Bertz CT molecular complexity index is 1680. The van der Waals surface area contributed by atoms with Gasteiger partial charge in [0.2, 0.25) is 5.91 Å². The normalized spacial score (nSPS) is 11.2. The number of hydrogen-bond acceptors (Lipinski definition) is 5. The van der Waals surface area contributed by atoms with E-state index in [9.17, 15) is 14.4 Å². The van der Waals surface area contributed by atoms with Crippen LogP contribution in [0.5, 0.6) is 0 Å². The predicted octanol–water partition coefficient (Wildman–Crippen LogP) is 7.04. The molecule has 4 aromatic carbocycles. The van der Waals surface area contributed by atoms with Crippen LogP contribution in [0.3, 0.4) is 0 Å². The topological polar surface area (TPSA) is 87.3 Å². The number of benzene rings is 4. The van der Waals surface area contributed by atoms with Crippen molar-refractivity contribution < 1.29 is 14.4 Å². The first-order valence-electron chi connectivity index (χ1n) is 12.5. The van der Waals surface area contributed by atoms with E-state index in [0.29, 0.717) is 11.3 Å². The second-order valence-electron chi connectivity index (χ2n) is 8.77. The van der Waals surface area contributed by atoms with Crippen LogP contribution >= 0.6 is 23.1 Å². The fourth-order valence-corrected chi connectivity index (χ4v) is 5.35. The van der Waals surface area contributed by atoms with Gasteiger partial charge in [-0.1, -0.05) is 60.7 Å². The molecule has 3 amide bonds. The number of rotatable bonds is 9. The molecule has 3 N–H and O–H groups in total. The van der Waals surface area contributed by atoms with Gasteiger partial charge in [-0.05, 0) is 70.8 Å². The second kappa shape index (κ2) is 12.9. The Kier molecular flexibility index (Phi) is 8.70.